The summed E-state index contributed by atoms with van der Waals surface area (Å²) in [5.74, 6) is 0.963. The minimum atomic E-state index is -0.281. The number of hydrogen-bond donors (Lipinski definition) is 1. The highest BCUT2D eigenvalue weighted by atomic mass is 35.5. The van der Waals surface area contributed by atoms with Crippen LogP contribution in [0, 0.1) is 17.7 Å². The summed E-state index contributed by atoms with van der Waals surface area (Å²) in [5.41, 5.74) is 0.656. The maximum atomic E-state index is 14.4. The molecule has 110 valence electrons. The fourth-order valence-corrected chi connectivity index (χ4v) is 3.36. The van der Waals surface area contributed by atoms with Gasteiger partial charge in [-0.25, -0.2) is 4.39 Å². The first kappa shape index (κ1) is 14.2. The van der Waals surface area contributed by atoms with E-state index in [1.165, 1.54) is 12.8 Å². The lowest BCUT2D eigenvalue weighted by Gasteiger charge is -2.44. The molecule has 2 aliphatic rings. The van der Waals surface area contributed by atoms with Crippen LogP contribution in [0.5, 0.6) is 0 Å². The van der Waals surface area contributed by atoms with E-state index in [2.05, 4.69) is 24.1 Å². The van der Waals surface area contributed by atoms with Crippen molar-refractivity contribution in [3.63, 3.8) is 0 Å². The summed E-state index contributed by atoms with van der Waals surface area (Å²) in [4.78, 5) is 2.23. The first-order valence-electron chi connectivity index (χ1n) is 7.52. The van der Waals surface area contributed by atoms with Gasteiger partial charge in [-0.2, -0.15) is 0 Å². The Morgan fingerprint density at radius 2 is 2.10 bits per heavy atom. The van der Waals surface area contributed by atoms with Crippen molar-refractivity contribution in [1.29, 1.82) is 0 Å². The Morgan fingerprint density at radius 1 is 1.35 bits per heavy atom. The number of benzene rings is 1. The molecular formula is C16H22ClFN2. The van der Waals surface area contributed by atoms with Crippen molar-refractivity contribution in [3.8, 4) is 0 Å². The summed E-state index contributed by atoms with van der Waals surface area (Å²) in [6, 6.07) is 6.12. The zero-order valence-corrected chi connectivity index (χ0v) is 12.8. The second kappa shape index (κ2) is 5.53. The maximum absolute atomic E-state index is 14.4. The molecule has 1 saturated heterocycles. The predicted molar refractivity (Wildman–Crippen MR) is 81.9 cm³/mol. The minimum absolute atomic E-state index is 0.214. The highest BCUT2D eigenvalue weighted by molar-refractivity contribution is 6.31. The number of nitrogens with one attached hydrogen (secondary N) is 1. The smallest absolute Gasteiger partial charge is 0.165 e. The molecule has 4 heteroatoms. The van der Waals surface area contributed by atoms with E-state index < -0.39 is 0 Å². The average Bonchev–Trinajstić information content (AvgIpc) is 3.25. The molecule has 1 aliphatic heterocycles. The first-order valence-corrected chi connectivity index (χ1v) is 7.89. The van der Waals surface area contributed by atoms with Gasteiger partial charge in [-0.1, -0.05) is 31.5 Å². The second-order valence-electron chi connectivity index (χ2n) is 6.39. The Bertz CT molecular complexity index is 487. The van der Waals surface area contributed by atoms with Crippen molar-refractivity contribution in [2.75, 3.05) is 18.0 Å². The maximum Gasteiger partial charge on any atom is 0.165 e. The third-order valence-electron chi connectivity index (χ3n) is 4.58. The van der Waals surface area contributed by atoms with E-state index in [0.29, 0.717) is 23.7 Å². The number of anilines is 1. The topological polar surface area (TPSA) is 15.3 Å². The van der Waals surface area contributed by atoms with E-state index in [-0.39, 0.29) is 10.8 Å². The Morgan fingerprint density at radius 3 is 2.75 bits per heavy atom. The Hall–Kier alpha value is -0.800. The summed E-state index contributed by atoms with van der Waals surface area (Å²) >= 11 is 5.95. The summed E-state index contributed by atoms with van der Waals surface area (Å²) in [6.45, 7) is 6.19. The molecule has 3 rings (SSSR count). The molecule has 1 heterocycles. The van der Waals surface area contributed by atoms with Crippen LogP contribution in [-0.2, 0) is 0 Å². The Labute approximate surface area is 125 Å². The molecule has 0 aromatic heterocycles. The molecule has 0 bridgehead atoms. The summed E-state index contributed by atoms with van der Waals surface area (Å²) in [6.07, 6.45) is 2.60. The average molecular weight is 297 g/mol. The third kappa shape index (κ3) is 2.66. The zero-order valence-electron chi connectivity index (χ0n) is 12.1. The molecule has 1 aliphatic carbocycles. The van der Waals surface area contributed by atoms with E-state index in [1.54, 1.807) is 6.07 Å². The lowest BCUT2D eigenvalue weighted by atomic mass is 9.96. The van der Waals surface area contributed by atoms with Gasteiger partial charge in [0.2, 0.25) is 0 Å². The van der Waals surface area contributed by atoms with Gasteiger partial charge in [-0.15, -0.1) is 0 Å². The highest BCUT2D eigenvalue weighted by Crippen LogP contribution is 2.37. The van der Waals surface area contributed by atoms with Gasteiger partial charge in [0.15, 0.2) is 5.82 Å². The van der Waals surface area contributed by atoms with Crippen LogP contribution in [0.25, 0.3) is 0 Å². The molecule has 2 unspecified atom stereocenters. The lowest BCUT2D eigenvalue weighted by molar-refractivity contribution is 0.318. The van der Waals surface area contributed by atoms with Crippen molar-refractivity contribution < 1.29 is 4.39 Å². The number of piperazine rings is 1. The van der Waals surface area contributed by atoms with Gasteiger partial charge in [0.1, 0.15) is 0 Å². The summed E-state index contributed by atoms with van der Waals surface area (Å²) in [7, 11) is 0. The number of nitrogens with zero attached hydrogens (tertiary/aromatic N) is 1. The summed E-state index contributed by atoms with van der Waals surface area (Å²) < 4.78 is 14.4. The molecular weight excluding hydrogens is 275 g/mol. The number of rotatable bonds is 3. The normalized spacial score (nSPS) is 27.1. The van der Waals surface area contributed by atoms with Crippen molar-refractivity contribution in [3.05, 3.63) is 29.0 Å². The molecule has 1 aromatic carbocycles. The fraction of sp³-hybridized carbons (Fsp3) is 0.625. The van der Waals surface area contributed by atoms with Gasteiger partial charge in [0.05, 0.1) is 10.7 Å². The molecule has 0 radical (unpaired) electrons. The highest BCUT2D eigenvalue weighted by Gasteiger charge is 2.38. The first-order chi connectivity index (χ1) is 9.58. The van der Waals surface area contributed by atoms with Gasteiger partial charge >= 0.3 is 0 Å². The second-order valence-corrected chi connectivity index (χ2v) is 6.80. The third-order valence-corrected chi connectivity index (χ3v) is 4.88. The largest absolute Gasteiger partial charge is 0.363 e. The SMILES string of the molecule is CC(C)C1CNC(C2CC2)CN1c1cccc(Cl)c1F. The van der Waals surface area contributed by atoms with Gasteiger partial charge in [0.25, 0.3) is 0 Å². The molecule has 0 spiro atoms. The van der Waals surface area contributed by atoms with E-state index in [9.17, 15) is 4.39 Å². The van der Waals surface area contributed by atoms with Crippen molar-refractivity contribution >= 4 is 17.3 Å². The molecule has 1 N–H and O–H groups in total. The molecule has 0 amide bonds. The van der Waals surface area contributed by atoms with Crippen LogP contribution in [-0.4, -0.2) is 25.2 Å². The monoisotopic (exact) mass is 296 g/mol. The molecule has 1 saturated carbocycles. The molecule has 2 fully saturated rings. The van der Waals surface area contributed by atoms with Gasteiger partial charge < -0.3 is 10.2 Å². The Balaban J connectivity index is 1.90. The van der Waals surface area contributed by atoms with E-state index >= 15 is 0 Å². The van der Waals surface area contributed by atoms with Crippen molar-refractivity contribution in [1.82, 2.24) is 5.32 Å². The van der Waals surface area contributed by atoms with Crippen molar-refractivity contribution in [2.24, 2.45) is 11.8 Å². The van der Waals surface area contributed by atoms with Crippen LogP contribution in [0.4, 0.5) is 10.1 Å². The van der Waals surface area contributed by atoms with Crippen LogP contribution in [0.2, 0.25) is 5.02 Å². The zero-order chi connectivity index (χ0) is 14.3. The molecule has 2 nitrogen and oxygen atoms in total. The number of halogens is 2. The van der Waals surface area contributed by atoms with Crippen LogP contribution < -0.4 is 10.2 Å². The van der Waals surface area contributed by atoms with Crippen LogP contribution in [0.1, 0.15) is 26.7 Å². The minimum Gasteiger partial charge on any atom is -0.363 e. The lowest BCUT2D eigenvalue weighted by Crippen LogP contribution is -2.59. The van der Waals surface area contributed by atoms with Gasteiger partial charge in [0, 0.05) is 25.2 Å². The Kier molecular flexibility index (Phi) is 3.91. The van der Waals surface area contributed by atoms with Crippen LogP contribution in [0.15, 0.2) is 18.2 Å². The molecule has 2 atom stereocenters. The quantitative estimate of drug-likeness (QED) is 0.915. The van der Waals surface area contributed by atoms with Crippen LogP contribution >= 0.6 is 11.6 Å². The predicted octanol–water partition coefficient (Wildman–Crippen LogP) is 3.69. The van der Waals surface area contributed by atoms with E-state index in [4.69, 9.17) is 11.6 Å². The summed E-state index contributed by atoms with van der Waals surface area (Å²) in [5, 5.41) is 3.86. The van der Waals surface area contributed by atoms with E-state index in [1.807, 2.05) is 12.1 Å². The van der Waals surface area contributed by atoms with E-state index in [0.717, 1.165) is 19.0 Å². The van der Waals surface area contributed by atoms with Crippen molar-refractivity contribution in [2.45, 2.75) is 38.8 Å². The molecule has 1 aromatic rings. The van der Waals surface area contributed by atoms with Gasteiger partial charge in [-0.05, 0) is 36.8 Å². The standard InChI is InChI=1S/C16H22ClFN2/c1-10(2)15-8-19-13(11-6-7-11)9-20(15)14-5-3-4-12(17)16(14)18/h3-5,10-11,13,15,19H,6-9H2,1-2H3. The van der Waals surface area contributed by atoms with Gasteiger partial charge in [-0.3, -0.25) is 0 Å². The molecule has 20 heavy (non-hydrogen) atoms. The fourth-order valence-electron chi connectivity index (χ4n) is 3.20. The van der Waals surface area contributed by atoms with Crippen LogP contribution in [0.3, 0.4) is 0 Å². The number of hydrogen-bond acceptors (Lipinski definition) is 2.